The van der Waals surface area contributed by atoms with Crippen LogP contribution in [-0.2, 0) is 15.8 Å². The summed E-state index contributed by atoms with van der Waals surface area (Å²) in [4.78, 5) is 0. The zero-order valence-electron chi connectivity index (χ0n) is 10.9. The molecule has 0 radical (unpaired) electrons. The van der Waals surface area contributed by atoms with Gasteiger partial charge in [0.1, 0.15) is 4.21 Å². The first-order valence-corrected chi connectivity index (χ1v) is 10.3. The van der Waals surface area contributed by atoms with E-state index < -0.39 is 10.0 Å². The molecule has 1 aromatic heterocycles. The molecule has 0 aliphatic rings. The van der Waals surface area contributed by atoms with Crippen molar-refractivity contribution in [1.29, 1.82) is 0 Å². The van der Waals surface area contributed by atoms with Crippen LogP contribution in [0.1, 0.15) is 5.56 Å². The molecular weight excluding hydrogens is 369 g/mol. The first kappa shape index (κ1) is 17.1. The van der Waals surface area contributed by atoms with Gasteiger partial charge in [0.05, 0.1) is 0 Å². The maximum Gasteiger partial charge on any atom is 0.250 e. The lowest BCUT2D eigenvalue weighted by Crippen LogP contribution is -2.25. The van der Waals surface area contributed by atoms with Gasteiger partial charge in [-0.25, -0.2) is 13.1 Å². The Bertz CT molecular complexity index is 667. The molecule has 0 saturated heterocycles. The summed E-state index contributed by atoms with van der Waals surface area (Å²) in [5.41, 5.74) is 0.881. The second-order valence-electron chi connectivity index (χ2n) is 4.08. The first-order valence-electron chi connectivity index (χ1n) is 6.04. The summed E-state index contributed by atoms with van der Waals surface area (Å²) in [5.74, 6) is 1.30. The van der Waals surface area contributed by atoms with Crippen molar-refractivity contribution in [2.75, 3.05) is 12.3 Å². The smallest absolute Gasteiger partial charge is 0.210 e. The molecule has 114 valence electrons. The average molecular weight is 382 g/mol. The lowest BCUT2D eigenvalue weighted by Gasteiger charge is -2.07. The van der Waals surface area contributed by atoms with E-state index in [1.165, 1.54) is 11.3 Å². The Morgan fingerprint density at radius 3 is 2.48 bits per heavy atom. The van der Waals surface area contributed by atoms with E-state index in [1.54, 1.807) is 47.5 Å². The standard InChI is InChI=1S/C13H13Cl2NO2S3/c14-11-3-1-4-12(15)10(11)9-19-8-6-16-21(17,18)13-5-2-7-20-13/h1-5,7,16H,6,8-9H2. The summed E-state index contributed by atoms with van der Waals surface area (Å²) < 4.78 is 26.7. The molecule has 1 N–H and O–H groups in total. The van der Waals surface area contributed by atoms with Gasteiger partial charge in [0.25, 0.3) is 0 Å². The lowest BCUT2D eigenvalue weighted by atomic mass is 10.2. The van der Waals surface area contributed by atoms with Crippen LogP contribution < -0.4 is 4.72 Å². The third-order valence-corrected chi connectivity index (χ3v) is 7.16. The van der Waals surface area contributed by atoms with Gasteiger partial charge in [-0.2, -0.15) is 11.8 Å². The number of thioether (sulfide) groups is 1. The molecule has 0 saturated carbocycles. The van der Waals surface area contributed by atoms with Gasteiger partial charge in [0.15, 0.2) is 0 Å². The molecule has 0 fully saturated rings. The van der Waals surface area contributed by atoms with Crippen LogP contribution in [0.25, 0.3) is 0 Å². The zero-order valence-corrected chi connectivity index (χ0v) is 14.8. The maximum absolute atomic E-state index is 11.9. The molecule has 2 rings (SSSR count). The van der Waals surface area contributed by atoms with Gasteiger partial charge in [-0.1, -0.05) is 35.3 Å². The summed E-state index contributed by atoms with van der Waals surface area (Å²) in [7, 11) is -3.38. The van der Waals surface area contributed by atoms with Gasteiger partial charge < -0.3 is 0 Å². The highest BCUT2D eigenvalue weighted by atomic mass is 35.5. The summed E-state index contributed by atoms with van der Waals surface area (Å²) >= 11 is 14.9. The molecule has 0 aliphatic heterocycles. The van der Waals surface area contributed by atoms with Crippen LogP contribution in [-0.4, -0.2) is 20.7 Å². The fourth-order valence-electron chi connectivity index (χ4n) is 1.58. The van der Waals surface area contributed by atoms with Crippen LogP contribution >= 0.6 is 46.3 Å². The van der Waals surface area contributed by atoms with Gasteiger partial charge in [0.2, 0.25) is 10.0 Å². The van der Waals surface area contributed by atoms with Crippen molar-refractivity contribution in [1.82, 2.24) is 4.72 Å². The van der Waals surface area contributed by atoms with Crippen LogP contribution in [0.15, 0.2) is 39.9 Å². The van der Waals surface area contributed by atoms with Crippen LogP contribution in [0, 0.1) is 0 Å². The number of hydrogen-bond donors (Lipinski definition) is 1. The van der Waals surface area contributed by atoms with Crippen molar-refractivity contribution < 1.29 is 8.42 Å². The third kappa shape index (κ3) is 4.87. The summed E-state index contributed by atoms with van der Waals surface area (Å²) in [6.07, 6.45) is 0. The average Bonchev–Trinajstić information content (AvgIpc) is 2.96. The van der Waals surface area contributed by atoms with Crippen molar-refractivity contribution in [3.05, 3.63) is 51.3 Å². The predicted octanol–water partition coefficient (Wildman–Crippen LogP) is 4.27. The number of benzene rings is 1. The lowest BCUT2D eigenvalue weighted by molar-refractivity contribution is 0.586. The van der Waals surface area contributed by atoms with Crippen LogP contribution in [0.2, 0.25) is 10.0 Å². The second-order valence-corrected chi connectivity index (χ2v) is 8.94. The number of thiophene rings is 1. The predicted molar refractivity (Wildman–Crippen MR) is 92.1 cm³/mol. The Morgan fingerprint density at radius 1 is 1.14 bits per heavy atom. The SMILES string of the molecule is O=S(=O)(NCCSCc1c(Cl)cccc1Cl)c1cccs1. The Balaban J connectivity index is 1.78. The number of nitrogens with one attached hydrogen (secondary N) is 1. The Hall–Kier alpha value is -0.240. The van der Waals surface area contributed by atoms with Gasteiger partial charge in [0, 0.05) is 28.1 Å². The Morgan fingerprint density at radius 2 is 1.86 bits per heavy atom. The normalized spacial score (nSPS) is 11.7. The third-order valence-electron chi connectivity index (χ3n) is 2.61. The molecule has 1 heterocycles. The molecule has 0 spiro atoms. The fraction of sp³-hybridized carbons (Fsp3) is 0.231. The van der Waals surface area contributed by atoms with Crippen LogP contribution in [0.4, 0.5) is 0 Å². The maximum atomic E-state index is 11.9. The molecule has 1 aromatic carbocycles. The van der Waals surface area contributed by atoms with E-state index in [0.717, 1.165) is 5.56 Å². The molecule has 0 aliphatic carbocycles. The molecular formula is C13H13Cl2NO2S3. The molecule has 0 atom stereocenters. The second kappa shape index (κ2) is 7.85. The monoisotopic (exact) mass is 381 g/mol. The minimum atomic E-state index is -3.38. The largest absolute Gasteiger partial charge is 0.250 e. The van der Waals surface area contributed by atoms with Crippen molar-refractivity contribution in [2.45, 2.75) is 9.96 Å². The molecule has 21 heavy (non-hydrogen) atoms. The van der Waals surface area contributed by atoms with Crippen molar-refractivity contribution in [3.63, 3.8) is 0 Å². The van der Waals surface area contributed by atoms with E-state index in [4.69, 9.17) is 23.2 Å². The number of halogens is 2. The van der Waals surface area contributed by atoms with Gasteiger partial charge in [-0.15, -0.1) is 11.3 Å². The van der Waals surface area contributed by atoms with E-state index in [2.05, 4.69) is 4.72 Å². The molecule has 0 amide bonds. The highest BCUT2D eigenvalue weighted by molar-refractivity contribution is 7.98. The fourth-order valence-corrected chi connectivity index (χ4v) is 5.37. The summed E-state index contributed by atoms with van der Waals surface area (Å²) in [6, 6.07) is 8.69. The first-order chi connectivity index (χ1) is 10.0. The Kier molecular flexibility index (Phi) is 6.40. The number of hydrogen-bond acceptors (Lipinski definition) is 4. The minimum Gasteiger partial charge on any atom is -0.210 e. The highest BCUT2D eigenvalue weighted by Crippen LogP contribution is 2.28. The van der Waals surface area contributed by atoms with E-state index in [-0.39, 0.29) is 0 Å². The molecule has 2 aromatic rings. The topological polar surface area (TPSA) is 46.2 Å². The van der Waals surface area contributed by atoms with E-state index in [1.807, 2.05) is 0 Å². The summed E-state index contributed by atoms with van der Waals surface area (Å²) in [6.45, 7) is 0.368. The van der Waals surface area contributed by atoms with Crippen LogP contribution in [0.5, 0.6) is 0 Å². The van der Waals surface area contributed by atoms with Crippen LogP contribution in [0.3, 0.4) is 0 Å². The number of rotatable bonds is 7. The van der Waals surface area contributed by atoms with E-state index >= 15 is 0 Å². The summed E-state index contributed by atoms with van der Waals surface area (Å²) in [5, 5.41) is 3.01. The number of sulfonamides is 1. The molecule has 3 nitrogen and oxygen atoms in total. The zero-order chi connectivity index (χ0) is 15.3. The molecule has 0 unspecified atom stereocenters. The molecule has 8 heteroatoms. The Labute approximate surface area is 142 Å². The van der Waals surface area contributed by atoms with Gasteiger partial charge >= 0.3 is 0 Å². The van der Waals surface area contributed by atoms with Crippen molar-refractivity contribution >= 4 is 56.3 Å². The highest BCUT2D eigenvalue weighted by Gasteiger charge is 2.13. The minimum absolute atomic E-state index is 0.335. The van der Waals surface area contributed by atoms with Gasteiger partial charge in [-0.05, 0) is 29.1 Å². The van der Waals surface area contributed by atoms with E-state index in [9.17, 15) is 8.42 Å². The van der Waals surface area contributed by atoms with Crippen molar-refractivity contribution in [2.24, 2.45) is 0 Å². The molecule has 0 bridgehead atoms. The quantitative estimate of drug-likeness (QED) is 0.728. The van der Waals surface area contributed by atoms with Gasteiger partial charge in [-0.3, -0.25) is 0 Å². The van der Waals surface area contributed by atoms with Crippen molar-refractivity contribution in [3.8, 4) is 0 Å². The van der Waals surface area contributed by atoms with E-state index in [0.29, 0.717) is 32.3 Å².